The number of primary amides is 2. The van der Waals surface area contributed by atoms with Gasteiger partial charge in [-0.3, -0.25) is 9.59 Å². The van der Waals surface area contributed by atoms with Gasteiger partial charge in [-0.1, -0.05) is 24.4 Å². The number of anilines is 1. The number of nitrogens with one attached hydrogen (secondary N) is 1. The molecule has 3 heterocycles. The highest BCUT2D eigenvalue weighted by Crippen LogP contribution is 2.42. The number of carbonyl (C=O) groups excluding carboxylic acids is 2. The van der Waals surface area contributed by atoms with Crippen LogP contribution in [0.25, 0.3) is 11.0 Å². The van der Waals surface area contributed by atoms with Gasteiger partial charge in [0.05, 0.1) is 34.8 Å². The molecule has 33 heavy (non-hydrogen) atoms. The van der Waals surface area contributed by atoms with Crippen molar-refractivity contribution in [2.45, 2.75) is 77.5 Å². The molecule has 0 saturated heterocycles. The van der Waals surface area contributed by atoms with Crippen LogP contribution in [0.4, 0.5) is 5.69 Å². The van der Waals surface area contributed by atoms with E-state index in [0.717, 1.165) is 35.1 Å². The molecule has 5 N–H and O–H groups in total. The number of oxime groups is 1. The van der Waals surface area contributed by atoms with Gasteiger partial charge in [0.25, 0.3) is 0 Å². The third kappa shape index (κ3) is 4.02. The third-order valence-corrected chi connectivity index (χ3v) is 7.32. The van der Waals surface area contributed by atoms with E-state index >= 15 is 0 Å². The molecule has 0 spiro atoms. The smallest absolute Gasteiger partial charge is 0.224 e. The Hall–Kier alpha value is -3.17. The summed E-state index contributed by atoms with van der Waals surface area (Å²) >= 11 is 0. The molecule has 10 nitrogen and oxygen atoms in total. The Morgan fingerprint density at radius 3 is 2.45 bits per heavy atom. The minimum absolute atomic E-state index is 0.218. The Morgan fingerprint density at radius 2 is 1.85 bits per heavy atom. The maximum Gasteiger partial charge on any atom is 0.224 e. The van der Waals surface area contributed by atoms with Crippen LogP contribution in [0, 0.1) is 11.8 Å². The number of fused-ring (bicyclic) bond motifs is 1. The highest BCUT2D eigenvalue weighted by Gasteiger charge is 2.53. The number of carbonyl (C=O) groups is 2. The standard InChI is InChI=1S/C23H33N7O3/c1-4-30-22-17(12-27-30)19(28-15-8-6-5-7-9-15)16(11-26-22)18-10-23(33-29-18,13(2)20(24)31)14(3)21(25)32/h11-15H,4-10H2,1-3H3,(H2,24,31)(H2,25,32)(H,26,28). The lowest BCUT2D eigenvalue weighted by atomic mass is 9.74. The zero-order chi connectivity index (χ0) is 23.8. The van der Waals surface area contributed by atoms with Gasteiger partial charge >= 0.3 is 0 Å². The van der Waals surface area contributed by atoms with E-state index in [9.17, 15) is 9.59 Å². The molecule has 178 valence electrons. The molecule has 2 aromatic rings. The molecule has 0 aromatic carbocycles. The number of amides is 2. The minimum atomic E-state index is -1.24. The number of hydrogen-bond acceptors (Lipinski definition) is 7. The zero-order valence-corrected chi connectivity index (χ0v) is 19.5. The highest BCUT2D eigenvalue weighted by molar-refractivity contribution is 6.11. The van der Waals surface area contributed by atoms with Gasteiger partial charge in [-0.25, -0.2) is 9.67 Å². The number of aryl methyl sites for hydroxylation is 1. The number of hydrogen-bond donors (Lipinski definition) is 3. The summed E-state index contributed by atoms with van der Waals surface area (Å²) < 4.78 is 1.85. The molecule has 2 amide bonds. The number of aromatic nitrogens is 3. The molecule has 0 bridgehead atoms. The molecule has 0 radical (unpaired) electrons. The Morgan fingerprint density at radius 1 is 1.18 bits per heavy atom. The molecule has 2 atom stereocenters. The van der Waals surface area contributed by atoms with Gasteiger partial charge in [0, 0.05) is 30.8 Å². The van der Waals surface area contributed by atoms with Crippen molar-refractivity contribution >= 4 is 34.2 Å². The van der Waals surface area contributed by atoms with Gasteiger partial charge in [0.15, 0.2) is 11.2 Å². The summed E-state index contributed by atoms with van der Waals surface area (Å²) in [6.07, 6.45) is 9.62. The van der Waals surface area contributed by atoms with Crippen LogP contribution < -0.4 is 16.8 Å². The first-order chi connectivity index (χ1) is 15.8. The fourth-order valence-corrected chi connectivity index (χ4v) is 5.02. The Bertz CT molecular complexity index is 1070. The Balaban J connectivity index is 1.76. The topological polar surface area (TPSA) is 151 Å². The second kappa shape index (κ2) is 8.99. The van der Waals surface area contributed by atoms with Gasteiger partial charge in [0.2, 0.25) is 11.8 Å². The molecule has 1 saturated carbocycles. The van der Waals surface area contributed by atoms with Crippen LogP contribution in [0.2, 0.25) is 0 Å². The van der Waals surface area contributed by atoms with Crippen LogP contribution in [-0.2, 0) is 21.0 Å². The SMILES string of the molecule is CCn1ncc2c(NC3CCCCC3)c(C3=NOC(C(C)C(N)=O)(C(C)C(N)=O)C3)cnc21. The van der Waals surface area contributed by atoms with Gasteiger partial charge < -0.3 is 21.6 Å². The second-order valence-corrected chi connectivity index (χ2v) is 9.23. The lowest BCUT2D eigenvalue weighted by Crippen LogP contribution is -2.52. The summed E-state index contributed by atoms with van der Waals surface area (Å²) in [7, 11) is 0. The number of nitrogens with zero attached hydrogens (tertiary/aromatic N) is 4. The van der Waals surface area contributed by atoms with Crippen LogP contribution in [-0.4, -0.2) is 43.9 Å². The minimum Gasteiger partial charge on any atom is -0.387 e. The summed E-state index contributed by atoms with van der Waals surface area (Å²) in [5, 5.41) is 13.5. The number of rotatable bonds is 8. The lowest BCUT2D eigenvalue weighted by Gasteiger charge is -2.34. The number of pyridine rings is 1. The molecule has 1 aliphatic carbocycles. The maximum atomic E-state index is 12.1. The van der Waals surface area contributed by atoms with E-state index in [1.54, 1.807) is 20.0 Å². The summed E-state index contributed by atoms with van der Waals surface area (Å²) in [4.78, 5) is 34.7. The van der Waals surface area contributed by atoms with Crippen LogP contribution in [0.3, 0.4) is 0 Å². The summed E-state index contributed by atoms with van der Waals surface area (Å²) in [5.74, 6) is -2.68. The first-order valence-corrected chi connectivity index (χ1v) is 11.7. The first kappa shape index (κ1) is 23.0. The molecule has 10 heteroatoms. The van der Waals surface area contributed by atoms with Gasteiger partial charge in [-0.2, -0.15) is 5.10 Å². The average Bonchev–Trinajstić information content (AvgIpc) is 3.44. The molecule has 1 aliphatic heterocycles. The molecular weight excluding hydrogens is 422 g/mol. The molecule has 4 rings (SSSR count). The first-order valence-electron chi connectivity index (χ1n) is 11.7. The predicted octanol–water partition coefficient (Wildman–Crippen LogP) is 2.30. The molecule has 1 fully saturated rings. The van der Waals surface area contributed by atoms with Crippen molar-refractivity contribution in [3.63, 3.8) is 0 Å². The molecule has 2 unspecified atom stereocenters. The molecule has 2 aromatic heterocycles. The van der Waals surface area contributed by atoms with Crippen molar-refractivity contribution in [3.05, 3.63) is 18.0 Å². The molecule has 2 aliphatic rings. The fraction of sp³-hybridized carbons (Fsp3) is 0.609. The van der Waals surface area contributed by atoms with Crippen LogP contribution in [0.5, 0.6) is 0 Å². The normalized spacial score (nSPS) is 23.1. The number of nitrogens with two attached hydrogens (primary N) is 2. The maximum absolute atomic E-state index is 12.1. The monoisotopic (exact) mass is 455 g/mol. The van der Waals surface area contributed by atoms with Gasteiger partial charge in [0.1, 0.15) is 0 Å². The van der Waals surface area contributed by atoms with Crippen molar-refractivity contribution in [1.82, 2.24) is 14.8 Å². The molecular formula is C23H33N7O3. The summed E-state index contributed by atoms with van der Waals surface area (Å²) in [5.41, 5.74) is 13.1. The quantitative estimate of drug-likeness (QED) is 0.556. The lowest BCUT2D eigenvalue weighted by molar-refractivity contribution is -0.149. The second-order valence-electron chi connectivity index (χ2n) is 9.23. The predicted molar refractivity (Wildman–Crippen MR) is 125 cm³/mol. The Kier molecular flexibility index (Phi) is 6.27. The average molecular weight is 456 g/mol. The zero-order valence-electron chi connectivity index (χ0n) is 19.5. The van der Waals surface area contributed by atoms with Crippen molar-refractivity contribution in [1.29, 1.82) is 0 Å². The summed E-state index contributed by atoms with van der Waals surface area (Å²) in [6, 6.07) is 0.342. The largest absolute Gasteiger partial charge is 0.387 e. The third-order valence-electron chi connectivity index (χ3n) is 7.32. The van der Waals surface area contributed by atoms with E-state index in [1.807, 2.05) is 17.8 Å². The van der Waals surface area contributed by atoms with Crippen molar-refractivity contribution < 1.29 is 14.4 Å². The van der Waals surface area contributed by atoms with Crippen molar-refractivity contribution in [2.24, 2.45) is 28.5 Å². The van der Waals surface area contributed by atoms with Crippen LogP contribution in [0.1, 0.15) is 64.9 Å². The van der Waals surface area contributed by atoms with Crippen LogP contribution >= 0.6 is 0 Å². The van der Waals surface area contributed by atoms with E-state index in [2.05, 4.69) is 20.6 Å². The van der Waals surface area contributed by atoms with E-state index in [1.165, 1.54) is 19.3 Å². The van der Waals surface area contributed by atoms with Gasteiger partial charge in [-0.05, 0) is 33.6 Å². The van der Waals surface area contributed by atoms with Gasteiger partial charge in [-0.15, -0.1) is 0 Å². The fourth-order valence-electron chi connectivity index (χ4n) is 5.02. The van der Waals surface area contributed by atoms with Crippen LogP contribution in [0.15, 0.2) is 17.5 Å². The van der Waals surface area contributed by atoms with E-state index in [0.29, 0.717) is 18.3 Å². The van der Waals surface area contributed by atoms with E-state index in [-0.39, 0.29) is 6.42 Å². The highest BCUT2D eigenvalue weighted by atomic mass is 16.7. The Labute approximate surface area is 193 Å². The summed E-state index contributed by atoms with van der Waals surface area (Å²) in [6.45, 7) is 6.02. The van der Waals surface area contributed by atoms with E-state index in [4.69, 9.17) is 16.3 Å². The van der Waals surface area contributed by atoms with Crippen molar-refractivity contribution in [2.75, 3.05) is 5.32 Å². The van der Waals surface area contributed by atoms with Crippen molar-refractivity contribution in [3.8, 4) is 0 Å². The van der Waals surface area contributed by atoms with E-state index < -0.39 is 29.3 Å².